The lowest BCUT2D eigenvalue weighted by atomic mass is 9.96. The molecule has 0 spiro atoms. The molecule has 14 heteroatoms. The standard InChI is InChI=1S/C31H36ClF4N7O2/c1-19-14-22-25(16-43(19)26-23(31(34,35)36)6-5-7-24(26)32)38-29(45-18-30(9-10-30)17-40(3)4)39-27(22)41-12-13-42(28(44)20(2)33)21(15-41)8-11-37/h5-7,19,21H,2,8-10,12-18H2,1,3-4H3. The summed E-state index contributed by atoms with van der Waals surface area (Å²) in [6, 6.07) is 4.89. The van der Waals surface area contributed by atoms with Crippen LogP contribution in [0.4, 0.5) is 29.1 Å². The topological polar surface area (TPSA) is 88.8 Å². The molecule has 45 heavy (non-hydrogen) atoms. The van der Waals surface area contributed by atoms with Gasteiger partial charge in [-0.15, -0.1) is 0 Å². The van der Waals surface area contributed by atoms with Crippen LogP contribution >= 0.6 is 11.6 Å². The molecule has 242 valence electrons. The van der Waals surface area contributed by atoms with Gasteiger partial charge in [-0.2, -0.15) is 28.4 Å². The molecule has 2 aliphatic heterocycles. The number of halogens is 5. The molecule has 2 unspecified atom stereocenters. The van der Waals surface area contributed by atoms with Crippen molar-refractivity contribution in [3.05, 3.63) is 52.4 Å². The Bertz CT molecular complexity index is 1510. The second-order valence-corrected chi connectivity index (χ2v) is 12.9. The average molecular weight is 650 g/mol. The van der Waals surface area contributed by atoms with E-state index in [1.165, 1.54) is 17.0 Å². The third-order valence-corrected chi connectivity index (χ3v) is 9.00. The van der Waals surface area contributed by atoms with Crippen LogP contribution in [0.25, 0.3) is 0 Å². The van der Waals surface area contributed by atoms with Crippen LogP contribution in [0, 0.1) is 16.7 Å². The first-order chi connectivity index (χ1) is 21.2. The van der Waals surface area contributed by atoms with Crippen molar-refractivity contribution in [1.82, 2.24) is 19.8 Å². The van der Waals surface area contributed by atoms with Crippen molar-refractivity contribution in [2.75, 3.05) is 56.7 Å². The number of amides is 1. The number of ether oxygens (including phenoxy) is 1. The lowest BCUT2D eigenvalue weighted by molar-refractivity contribution is -0.137. The number of benzene rings is 1. The lowest BCUT2D eigenvalue weighted by Gasteiger charge is -2.43. The zero-order valence-electron chi connectivity index (χ0n) is 25.5. The first-order valence-electron chi connectivity index (χ1n) is 14.8. The van der Waals surface area contributed by atoms with Gasteiger partial charge < -0.3 is 24.3 Å². The van der Waals surface area contributed by atoms with E-state index in [2.05, 4.69) is 17.5 Å². The molecule has 1 aromatic heterocycles. The Morgan fingerprint density at radius 3 is 2.62 bits per heavy atom. The Kier molecular flexibility index (Phi) is 9.20. The van der Waals surface area contributed by atoms with Gasteiger partial charge in [0.25, 0.3) is 5.91 Å². The number of alkyl halides is 3. The Morgan fingerprint density at radius 2 is 2.00 bits per heavy atom. The quantitative estimate of drug-likeness (QED) is 0.270. The Morgan fingerprint density at radius 1 is 1.27 bits per heavy atom. The van der Waals surface area contributed by atoms with Gasteiger partial charge in [0, 0.05) is 43.2 Å². The van der Waals surface area contributed by atoms with Gasteiger partial charge in [0.1, 0.15) is 5.82 Å². The minimum absolute atomic E-state index is 0.0141. The molecule has 1 amide bonds. The van der Waals surface area contributed by atoms with E-state index in [1.807, 2.05) is 25.9 Å². The summed E-state index contributed by atoms with van der Waals surface area (Å²) in [6.45, 7) is 6.79. The molecule has 0 N–H and O–H groups in total. The number of nitrogens with zero attached hydrogens (tertiary/aromatic N) is 7. The molecule has 3 heterocycles. The molecule has 1 aliphatic carbocycles. The number of fused-ring (bicyclic) bond motifs is 1. The van der Waals surface area contributed by atoms with Crippen molar-refractivity contribution in [3.63, 3.8) is 0 Å². The molecular formula is C31H36ClF4N7O2. The smallest absolute Gasteiger partial charge is 0.418 e. The maximum atomic E-state index is 14.1. The predicted molar refractivity (Wildman–Crippen MR) is 162 cm³/mol. The highest BCUT2D eigenvalue weighted by atomic mass is 35.5. The molecule has 1 aromatic carbocycles. The van der Waals surface area contributed by atoms with Crippen LogP contribution in [0.3, 0.4) is 0 Å². The van der Waals surface area contributed by atoms with Crippen LogP contribution in [0.5, 0.6) is 6.01 Å². The number of para-hydroxylation sites is 1. The Labute approximate surface area is 265 Å². The molecule has 1 saturated heterocycles. The SMILES string of the molecule is C=C(F)C(=O)N1CCN(c2nc(OCC3(CN(C)C)CC3)nc3c2CC(C)N(c2c(Cl)cccc2C(F)(F)F)C3)CC1CC#N. The Balaban J connectivity index is 1.53. The Hall–Kier alpha value is -3.63. The molecule has 3 aliphatic rings. The summed E-state index contributed by atoms with van der Waals surface area (Å²) in [4.78, 5) is 29.0. The monoisotopic (exact) mass is 649 g/mol. The second-order valence-electron chi connectivity index (χ2n) is 12.5. The molecule has 0 radical (unpaired) electrons. The fourth-order valence-corrected chi connectivity index (χ4v) is 6.67. The number of hydrogen-bond donors (Lipinski definition) is 0. The zero-order valence-corrected chi connectivity index (χ0v) is 26.3. The van der Waals surface area contributed by atoms with Gasteiger partial charge in [-0.3, -0.25) is 4.79 Å². The highest BCUT2D eigenvalue weighted by Crippen LogP contribution is 2.47. The number of hydrogen-bond acceptors (Lipinski definition) is 8. The van der Waals surface area contributed by atoms with Crippen LogP contribution in [-0.4, -0.2) is 84.6 Å². The van der Waals surface area contributed by atoms with Crippen molar-refractivity contribution in [3.8, 4) is 12.1 Å². The first-order valence-corrected chi connectivity index (χ1v) is 15.2. The molecule has 2 aromatic rings. The summed E-state index contributed by atoms with van der Waals surface area (Å²) in [5.74, 6) is -1.42. The maximum absolute atomic E-state index is 14.1. The van der Waals surface area contributed by atoms with Crippen LogP contribution < -0.4 is 14.5 Å². The fraction of sp³-hybridized carbons (Fsp3) is 0.548. The van der Waals surface area contributed by atoms with Crippen molar-refractivity contribution in [1.29, 1.82) is 5.26 Å². The third kappa shape index (κ3) is 6.97. The van der Waals surface area contributed by atoms with E-state index >= 15 is 0 Å². The summed E-state index contributed by atoms with van der Waals surface area (Å²) >= 11 is 6.40. The summed E-state index contributed by atoms with van der Waals surface area (Å²) < 4.78 is 62.3. The summed E-state index contributed by atoms with van der Waals surface area (Å²) in [5, 5.41) is 9.46. The first kappa shape index (κ1) is 32.8. The van der Waals surface area contributed by atoms with Gasteiger partial charge in [0.05, 0.1) is 53.7 Å². The van der Waals surface area contributed by atoms with E-state index < -0.39 is 35.6 Å². The van der Waals surface area contributed by atoms with Gasteiger partial charge in [0.15, 0.2) is 5.83 Å². The van der Waals surface area contributed by atoms with Crippen LogP contribution in [0.1, 0.15) is 43.0 Å². The van der Waals surface area contributed by atoms with Crippen molar-refractivity contribution >= 4 is 29.0 Å². The largest absolute Gasteiger partial charge is 0.463 e. The molecule has 5 rings (SSSR count). The maximum Gasteiger partial charge on any atom is 0.418 e. The molecule has 2 fully saturated rings. The number of aromatic nitrogens is 2. The summed E-state index contributed by atoms with van der Waals surface area (Å²) in [5.41, 5.74) is 0.284. The zero-order chi connectivity index (χ0) is 32.7. The molecular weight excluding hydrogens is 614 g/mol. The number of piperazine rings is 1. The van der Waals surface area contributed by atoms with E-state index in [0.29, 0.717) is 24.5 Å². The number of carbonyl (C=O) groups is 1. The molecule has 0 bridgehead atoms. The van der Waals surface area contributed by atoms with E-state index in [-0.39, 0.29) is 54.7 Å². The average Bonchev–Trinajstić information content (AvgIpc) is 3.73. The molecule has 2 atom stereocenters. The summed E-state index contributed by atoms with van der Waals surface area (Å²) in [7, 11) is 3.99. The fourth-order valence-electron chi connectivity index (χ4n) is 6.38. The van der Waals surface area contributed by atoms with E-state index in [4.69, 9.17) is 26.3 Å². The van der Waals surface area contributed by atoms with Crippen molar-refractivity contribution in [2.24, 2.45) is 5.41 Å². The number of carbonyl (C=O) groups excluding carboxylic acids is 1. The van der Waals surface area contributed by atoms with E-state index in [9.17, 15) is 27.6 Å². The lowest BCUT2D eigenvalue weighted by Crippen LogP contribution is -2.56. The normalized spacial score (nSPS) is 20.9. The van der Waals surface area contributed by atoms with Crippen molar-refractivity contribution < 1.29 is 27.1 Å². The van der Waals surface area contributed by atoms with E-state index in [1.54, 1.807) is 4.90 Å². The third-order valence-electron chi connectivity index (χ3n) is 8.70. The summed E-state index contributed by atoms with van der Waals surface area (Å²) in [6.07, 6.45) is -2.36. The van der Waals surface area contributed by atoms with Gasteiger partial charge in [-0.05, 0) is 52.4 Å². The predicted octanol–water partition coefficient (Wildman–Crippen LogP) is 5.23. The highest BCUT2D eigenvalue weighted by molar-refractivity contribution is 6.33. The second kappa shape index (κ2) is 12.6. The van der Waals surface area contributed by atoms with Crippen LogP contribution in [-0.2, 0) is 23.9 Å². The van der Waals surface area contributed by atoms with Gasteiger partial charge in [-0.1, -0.05) is 24.2 Å². The number of nitriles is 1. The molecule has 9 nitrogen and oxygen atoms in total. The van der Waals surface area contributed by atoms with Crippen LogP contribution in [0.2, 0.25) is 5.02 Å². The van der Waals surface area contributed by atoms with Gasteiger partial charge in [0.2, 0.25) is 0 Å². The number of rotatable bonds is 9. The van der Waals surface area contributed by atoms with Crippen LogP contribution in [0.15, 0.2) is 30.6 Å². The van der Waals surface area contributed by atoms with Crippen molar-refractivity contribution in [2.45, 2.75) is 57.4 Å². The minimum atomic E-state index is -4.62. The minimum Gasteiger partial charge on any atom is -0.463 e. The highest BCUT2D eigenvalue weighted by Gasteiger charge is 2.45. The van der Waals surface area contributed by atoms with E-state index in [0.717, 1.165) is 31.0 Å². The van der Waals surface area contributed by atoms with Gasteiger partial charge in [-0.25, -0.2) is 4.39 Å². The van der Waals surface area contributed by atoms with Gasteiger partial charge >= 0.3 is 12.2 Å². The molecule has 1 saturated carbocycles. The number of anilines is 2.